The highest BCUT2D eigenvalue weighted by molar-refractivity contribution is 9.10. The number of amides is 2. The van der Waals surface area contributed by atoms with Crippen molar-refractivity contribution in [3.63, 3.8) is 0 Å². The number of fused-ring (bicyclic) bond motifs is 1. The van der Waals surface area contributed by atoms with Gasteiger partial charge in [-0.25, -0.2) is 14.8 Å². The molecular weight excluding hydrogens is 438 g/mol. The van der Waals surface area contributed by atoms with Gasteiger partial charge in [-0.3, -0.25) is 0 Å². The molecule has 0 unspecified atom stereocenters. The highest BCUT2D eigenvalue weighted by Gasteiger charge is 2.18. The minimum absolute atomic E-state index is 0.0274. The van der Waals surface area contributed by atoms with Crippen molar-refractivity contribution in [2.45, 2.75) is 0 Å². The van der Waals surface area contributed by atoms with Crippen LogP contribution in [0.3, 0.4) is 0 Å². The smallest absolute Gasteiger partial charge is 0.317 e. The molecule has 0 spiro atoms. The lowest BCUT2D eigenvalue weighted by Crippen LogP contribution is -2.32. The second kappa shape index (κ2) is 7.38. The number of anilines is 1. The molecule has 134 valence electrons. The van der Waals surface area contributed by atoms with Crippen molar-refractivity contribution in [2.75, 3.05) is 31.5 Å². The molecule has 9 heteroatoms. The number of carbonyl (C=O) groups excluding carboxylic acids is 1. The number of benzene rings is 1. The predicted octanol–water partition coefficient (Wildman–Crippen LogP) is 4.21. The van der Waals surface area contributed by atoms with Gasteiger partial charge in [-0.1, -0.05) is 23.7 Å². The van der Waals surface area contributed by atoms with Gasteiger partial charge in [0.15, 0.2) is 0 Å². The van der Waals surface area contributed by atoms with Gasteiger partial charge in [0.05, 0.1) is 16.1 Å². The quantitative estimate of drug-likeness (QED) is 0.608. The molecule has 1 aliphatic heterocycles. The SMILES string of the molecule is O=C1NCCN1CCNc1ncc(Cl)c(-c2cc3cccc(Br)c3s2)n1. The molecule has 2 aromatic heterocycles. The van der Waals surface area contributed by atoms with Gasteiger partial charge < -0.3 is 15.5 Å². The summed E-state index contributed by atoms with van der Waals surface area (Å²) in [6.45, 7) is 2.60. The van der Waals surface area contributed by atoms with Crippen LogP contribution in [0.4, 0.5) is 10.7 Å². The van der Waals surface area contributed by atoms with E-state index >= 15 is 0 Å². The zero-order chi connectivity index (χ0) is 18.1. The van der Waals surface area contributed by atoms with E-state index in [1.807, 2.05) is 12.1 Å². The molecule has 26 heavy (non-hydrogen) atoms. The third-order valence-corrected chi connectivity index (χ3v) is 6.47. The highest BCUT2D eigenvalue weighted by Crippen LogP contribution is 2.39. The average Bonchev–Trinajstić information content (AvgIpc) is 3.24. The van der Waals surface area contributed by atoms with Crippen LogP contribution in [0.2, 0.25) is 5.02 Å². The number of nitrogens with one attached hydrogen (secondary N) is 2. The summed E-state index contributed by atoms with van der Waals surface area (Å²) in [7, 11) is 0. The lowest BCUT2D eigenvalue weighted by atomic mass is 10.2. The Bertz CT molecular complexity index is 979. The molecule has 0 bridgehead atoms. The van der Waals surface area contributed by atoms with Crippen LogP contribution < -0.4 is 10.6 Å². The normalized spacial score (nSPS) is 14.1. The minimum Gasteiger partial charge on any atom is -0.352 e. The van der Waals surface area contributed by atoms with Gasteiger partial charge in [-0.2, -0.15) is 0 Å². The number of carbonyl (C=O) groups is 1. The monoisotopic (exact) mass is 451 g/mol. The third kappa shape index (κ3) is 3.49. The average molecular weight is 453 g/mol. The summed E-state index contributed by atoms with van der Waals surface area (Å²) >= 11 is 11.6. The third-order valence-electron chi connectivity index (χ3n) is 4.08. The zero-order valence-corrected chi connectivity index (χ0v) is 16.8. The second-order valence-electron chi connectivity index (χ2n) is 5.80. The first-order chi connectivity index (χ1) is 12.6. The Morgan fingerprint density at radius 2 is 2.31 bits per heavy atom. The van der Waals surface area contributed by atoms with Crippen LogP contribution in [-0.4, -0.2) is 47.1 Å². The zero-order valence-electron chi connectivity index (χ0n) is 13.6. The van der Waals surface area contributed by atoms with Crippen molar-refractivity contribution in [1.82, 2.24) is 20.2 Å². The Morgan fingerprint density at radius 1 is 1.42 bits per heavy atom. The van der Waals surface area contributed by atoms with Gasteiger partial charge in [0, 0.05) is 35.4 Å². The number of hydrogen-bond acceptors (Lipinski definition) is 5. The summed E-state index contributed by atoms with van der Waals surface area (Å²) in [4.78, 5) is 23.1. The summed E-state index contributed by atoms with van der Waals surface area (Å²) in [5, 5.41) is 7.60. The maximum atomic E-state index is 11.5. The molecule has 1 saturated heterocycles. The molecule has 4 rings (SSSR count). The van der Waals surface area contributed by atoms with Gasteiger partial charge in [-0.05, 0) is 33.4 Å². The number of thiophene rings is 1. The van der Waals surface area contributed by atoms with E-state index in [1.165, 1.54) is 0 Å². The van der Waals surface area contributed by atoms with Crippen LogP contribution in [-0.2, 0) is 0 Å². The maximum Gasteiger partial charge on any atom is 0.317 e. The van der Waals surface area contributed by atoms with Crippen LogP contribution >= 0.6 is 38.9 Å². The van der Waals surface area contributed by atoms with Gasteiger partial charge in [0.1, 0.15) is 5.69 Å². The van der Waals surface area contributed by atoms with E-state index < -0.39 is 0 Å². The van der Waals surface area contributed by atoms with Crippen molar-refractivity contribution in [3.8, 4) is 10.6 Å². The maximum absolute atomic E-state index is 11.5. The molecular formula is C17H15BrClN5OS. The van der Waals surface area contributed by atoms with Gasteiger partial charge in [-0.15, -0.1) is 11.3 Å². The molecule has 3 heterocycles. The molecule has 1 aliphatic rings. The van der Waals surface area contributed by atoms with Crippen LogP contribution in [0.25, 0.3) is 20.7 Å². The molecule has 6 nitrogen and oxygen atoms in total. The summed E-state index contributed by atoms with van der Waals surface area (Å²) < 4.78 is 2.21. The Hall–Kier alpha value is -1.90. The molecule has 0 saturated carbocycles. The predicted molar refractivity (Wildman–Crippen MR) is 109 cm³/mol. The van der Waals surface area contributed by atoms with E-state index in [-0.39, 0.29) is 6.03 Å². The molecule has 0 radical (unpaired) electrons. The number of halogens is 2. The van der Waals surface area contributed by atoms with E-state index in [1.54, 1.807) is 22.4 Å². The first kappa shape index (κ1) is 17.5. The van der Waals surface area contributed by atoms with Crippen LogP contribution in [0, 0.1) is 0 Å². The summed E-state index contributed by atoms with van der Waals surface area (Å²) in [5.41, 5.74) is 0.705. The molecule has 1 fully saturated rings. The number of nitrogens with zero attached hydrogens (tertiary/aromatic N) is 3. The van der Waals surface area contributed by atoms with Crippen molar-refractivity contribution >= 4 is 60.9 Å². The van der Waals surface area contributed by atoms with E-state index in [9.17, 15) is 4.79 Å². The van der Waals surface area contributed by atoms with Gasteiger partial charge >= 0.3 is 6.03 Å². The number of hydrogen-bond donors (Lipinski definition) is 2. The number of aromatic nitrogens is 2. The van der Waals surface area contributed by atoms with E-state index in [0.29, 0.717) is 36.3 Å². The Balaban J connectivity index is 1.53. The summed E-state index contributed by atoms with van der Waals surface area (Å²) in [6.07, 6.45) is 1.61. The Labute approximate surface area is 167 Å². The fraction of sp³-hybridized carbons (Fsp3) is 0.235. The first-order valence-electron chi connectivity index (χ1n) is 8.09. The van der Waals surface area contributed by atoms with E-state index in [0.717, 1.165) is 26.0 Å². The highest BCUT2D eigenvalue weighted by atomic mass is 79.9. The molecule has 2 amide bonds. The van der Waals surface area contributed by atoms with E-state index in [2.05, 4.69) is 48.7 Å². The van der Waals surface area contributed by atoms with E-state index in [4.69, 9.17) is 11.6 Å². The van der Waals surface area contributed by atoms with Crippen molar-refractivity contribution < 1.29 is 4.79 Å². The molecule has 2 N–H and O–H groups in total. The van der Waals surface area contributed by atoms with Crippen molar-refractivity contribution in [1.29, 1.82) is 0 Å². The molecule has 0 atom stereocenters. The van der Waals surface area contributed by atoms with Crippen molar-refractivity contribution in [3.05, 3.63) is 40.0 Å². The van der Waals surface area contributed by atoms with Crippen molar-refractivity contribution in [2.24, 2.45) is 0 Å². The van der Waals surface area contributed by atoms with Gasteiger partial charge in [0.2, 0.25) is 5.95 Å². The first-order valence-corrected chi connectivity index (χ1v) is 10.1. The lowest BCUT2D eigenvalue weighted by molar-refractivity contribution is 0.219. The largest absolute Gasteiger partial charge is 0.352 e. The fourth-order valence-electron chi connectivity index (χ4n) is 2.80. The Kier molecular flexibility index (Phi) is 4.97. The van der Waals surface area contributed by atoms with Gasteiger partial charge in [0.25, 0.3) is 0 Å². The standard InChI is InChI=1S/C17H15BrClN5OS/c18-11-3-1-2-10-8-13(26-15(10)11)14-12(19)9-22-16(23-14)20-4-6-24-7-5-21-17(24)25/h1-3,8-9H,4-7H2,(H,21,25)(H,20,22,23). The second-order valence-corrected chi connectivity index (χ2v) is 8.12. The summed E-state index contributed by atoms with van der Waals surface area (Å²) in [5.74, 6) is 0.500. The number of rotatable bonds is 5. The van der Waals surface area contributed by atoms with Crippen LogP contribution in [0.5, 0.6) is 0 Å². The van der Waals surface area contributed by atoms with Crippen LogP contribution in [0.15, 0.2) is 34.9 Å². The van der Waals surface area contributed by atoms with Crippen LogP contribution in [0.1, 0.15) is 0 Å². The molecule has 0 aliphatic carbocycles. The Morgan fingerprint density at radius 3 is 3.08 bits per heavy atom. The molecule has 3 aromatic rings. The number of urea groups is 1. The fourth-order valence-corrected chi connectivity index (χ4v) is 4.74. The topological polar surface area (TPSA) is 70.2 Å². The molecule has 1 aromatic carbocycles. The lowest BCUT2D eigenvalue weighted by Gasteiger charge is -2.14. The summed E-state index contributed by atoms with van der Waals surface area (Å²) in [6, 6.07) is 8.14. The minimum atomic E-state index is -0.0274.